The van der Waals surface area contributed by atoms with Gasteiger partial charge in [-0.2, -0.15) is 0 Å². The number of nitrogens with zero attached hydrogens (tertiary/aromatic N) is 1. The molecule has 2 aromatic carbocycles. The highest BCUT2D eigenvalue weighted by molar-refractivity contribution is 7.09. The average Bonchev–Trinajstić information content (AvgIpc) is 3.25. The second-order valence-corrected chi connectivity index (χ2v) is 7.50. The molecule has 1 heterocycles. The van der Waals surface area contributed by atoms with Crippen LogP contribution in [0.1, 0.15) is 25.6 Å². The summed E-state index contributed by atoms with van der Waals surface area (Å²) >= 11 is 1.61. The zero-order valence-electron chi connectivity index (χ0n) is 16.5. The monoisotopic (exact) mass is 410 g/mol. The third-order valence-corrected chi connectivity index (χ3v) is 5.01. The predicted molar refractivity (Wildman–Crippen MR) is 114 cm³/mol. The molecule has 0 aliphatic rings. The van der Waals surface area contributed by atoms with Crippen LogP contribution in [0.25, 0.3) is 0 Å². The van der Waals surface area contributed by atoms with Crippen molar-refractivity contribution >= 4 is 28.8 Å². The lowest BCUT2D eigenvalue weighted by molar-refractivity contribution is 0.0827. The van der Waals surface area contributed by atoms with Gasteiger partial charge in [0.2, 0.25) is 0 Å². The number of hydrogen-bond acceptors (Lipinski definition) is 5. The molecule has 7 heteroatoms. The van der Waals surface area contributed by atoms with Crippen molar-refractivity contribution in [3.63, 3.8) is 0 Å². The van der Waals surface area contributed by atoms with E-state index < -0.39 is 0 Å². The van der Waals surface area contributed by atoms with E-state index in [0.29, 0.717) is 34.9 Å². The molecule has 0 aliphatic heterocycles. The van der Waals surface area contributed by atoms with Crippen molar-refractivity contribution in [1.29, 1.82) is 0 Å². The first-order valence-corrected chi connectivity index (χ1v) is 9.82. The van der Waals surface area contributed by atoms with Crippen LogP contribution in [0.5, 0.6) is 11.5 Å². The van der Waals surface area contributed by atoms with Gasteiger partial charge in [-0.1, -0.05) is 12.1 Å². The number of methoxy groups -OCH3 is 1. The van der Waals surface area contributed by atoms with Gasteiger partial charge in [0.1, 0.15) is 18.1 Å². The Kier molecular flexibility index (Phi) is 6.51. The lowest BCUT2D eigenvalue weighted by atomic mass is 10.1. The first kappa shape index (κ1) is 20.4. The van der Waals surface area contributed by atoms with Gasteiger partial charge in [-0.25, -0.2) is 0 Å². The summed E-state index contributed by atoms with van der Waals surface area (Å²) in [5.74, 6) is 0.597. The normalized spacial score (nSPS) is 10.3. The van der Waals surface area contributed by atoms with Gasteiger partial charge < -0.3 is 19.7 Å². The summed E-state index contributed by atoms with van der Waals surface area (Å²) in [6, 6.07) is 15.9. The van der Waals surface area contributed by atoms with Gasteiger partial charge in [0, 0.05) is 30.1 Å². The average molecular weight is 410 g/mol. The Morgan fingerprint density at radius 1 is 1.03 bits per heavy atom. The zero-order chi connectivity index (χ0) is 20.8. The van der Waals surface area contributed by atoms with E-state index in [0.717, 1.165) is 4.88 Å². The fraction of sp³-hybridized carbons (Fsp3) is 0.182. The second kappa shape index (κ2) is 9.25. The summed E-state index contributed by atoms with van der Waals surface area (Å²) in [5, 5.41) is 4.81. The minimum Gasteiger partial charge on any atom is -0.495 e. The van der Waals surface area contributed by atoms with E-state index in [1.807, 2.05) is 17.5 Å². The molecule has 1 N–H and O–H groups in total. The molecule has 1 aromatic heterocycles. The van der Waals surface area contributed by atoms with Gasteiger partial charge in [0.05, 0.1) is 12.8 Å². The Balaban J connectivity index is 1.76. The maximum absolute atomic E-state index is 12.8. The second-order valence-electron chi connectivity index (χ2n) is 6.46. The van der Waals surface area contributed by atoms with E-state index in [-0.39, 0.29) is 11.8 Å². The minimum atomic E-state index is -0.320. The van der Waals surface area contributed by atoms with Crippen LogP contribution in [0.2, 0.25) is 0 Å². The fourth-order valence-corrected chi connectivity index (χ4v) is 3.28. The van der Waals surface area contributed by atoms with Crippen molar-refractivity contribution < 1.29 is 19.1 Å². The number of anilines is 1. The molecule has 29 heavy (non-hydrogen) atoms. The van der Waals surface area contributed by atoms with Crippen molar-refractivity contribution in [2.24, 2.45) is 0 Å². The number of carbonyl (C=O) groups excluding carboxylic acids is 2. The molecule has 3 rings (SSSR count). The third-order valence-electron chi connectivity index (χ3n) is 4.16. The topological polar surface area (TPSA) is 67.9 Å². The Hall–Kier alpha value is -3.32. The summed E-state index contributed by atoms with van der Waals surface area (Å²) in [6.45, 7) is 0.450. The van der Waals surface area contributed by atoms with E-state index in [9.17, 15) is 9.59 Å². The highest BCUT2D eigenvalue weighted by atomic mass is 32.1. The van der Waals surface area contributed by atoms with Gasteiger partial charge >= 0.3 is 0 Å². The van der Waals surface area contributed by atoms with E-state index in [1.54, 1.807) is 67.9 Å². The van der Waals surface area contributed by atoms with E-state index in [2.05, 4.69) is 5.32 Å². The Bertz CT molecular complexity index is 1000. The largest absolute Gasteiger partial charge is 0.495 e. The summed E-state index contributed by atoms with van der Waals surface area (Å²) in [7, 11) is 4.86. The quantitative estimate of drug-likeness (QED) is 0.631. The molecule has 0 fully saturated rings. The highest BCUT2D eigenvalue weighted by Gasteiger charge is 2.15. The zero-order valence-corrected chi connectivity index (χ0v) is 17.3. The molecule has 0 aliphatic carbocycles. The number of hydrogen-bond donors (Lipinski definition) is 1. The van der Waals surface area contributed by atoms with Gasteiger partial charge in [-0.15, -0.1) is 11.3 Å². The summed E-state index contributed by atoms with van der Waals surface area (Å²) < 4.78 is 11.1. The van der Waals surface area contributed by atoms with Crippen LogP contribution in [0.3, 0.4) is 0 Å². The molecule has 0 radical (unpaired) electrons. The number of thiophene rings is 1. The van der Waals surface area contributed by atoms with Crippen LogP contribution in [0.4, 0.5) is 5.69 Å². The summed E-state index contributed by atoms with van der Waals surface area (Å²) in [6.07, 6.45) is 0. The van der Waals surface area contributed by atoms with Crippen LogP contribution in [0.15, 0.2) is 60.0 Å². The van der Waals surface area contributed by atoms with Crippen molar-refractivity contribution in [3.8, 4) is 11.5 Å². The summed E-state index contributed by atoms with van der Waals surface area (Å²) in [5.41, 5.74) is 1.33. The van der Waals surface area contributed by atoms with Gasteiger partial charge in [0.15, 0.2) is 0 Å². The smallest absolute Gasteiger partial charge is 0.255 e. The molecular weight excluding hydrogens is 388 g/mol. The van der Waals surface area contributed by atoms with Gasteiger partial charge in [-0.05, 0) is 47.8 Å². The molecule has 0 unspecified atom stereocenters. The number of carbonyl (C=O) groups is 2. The number of amides is 2. The van der Waals surface area contributed by atoms with Gasteiger partial charge in [0.25, 0.3) is 11.8 Å². The molecule has 2 amide bonds. The first-order chi connectivity index (χ1) is 14.0. The SMILES string of the molecule is COc1ccc(C(=O)N(C)C)cc1NC(=O)c1cccc(OCc2cccs2)c1. The van der Waals surface area contributed by atoms with Crippen molar-refractivity contribution in [2.75, 3.05) is 26.5 Å². The minimum absolute atomic E-state index is 0.160. The van der Waals surface area contributed by atoms with E-state index in [1.165, 1.54) is 12.0 Å². The molecular formula is C22H22N2O4S. The van der Waals surface area contributed by atoms with E-state index in [4.69, 9.17) is 9.47 Å². The molecule has 6 nitrogen and oxygen atoms in total. The summed E-state index contributed by atoms with van der Waals surface area (Å²) in [4.78, 5) is 27.6. The third kappa shape index (κ3) is 5.14. The standard InChI is InChI=1S/C22H22N2O4S/c1-24(2)22(26)16-9-10-20(27-3)19(13-16)23-21(25)15-6-4-7-17(12-15)28-14-18-8-5-11-29-18/h4-13H,14H2,1-3H3,(H,23,25). The van der Waals surface area contributed by atoms with E-state index >= 15 is 0 Å². The van der Waals surface area contributed by atoms with Crippen LogP contribution in [-0.2, 0) is 6.61 Å². The lowest BCUT2D eigenvalue weighted by Gasteiger charge is -2.14. The van der Waals surface area contributed by atoms with Crippen molar-refractivity contribution in [3.05, 3.63) is 76.0 Å². The van der Waals surface area contributed by atoms with Crippen LogP contribution < -0.4 is 14.8 Å². The Labute approximate surface area is 173 Å². The molecule has 0 atom stereocenters. The number of nitrogens with one attached hydrogen (secondary N) is 1. The Morgan fingerprint density at radius 2 is 1.86 bits per heavy atom. The van der Waals surface area contributed by atoms with Crippen LogP contribution in [-0.4, -0.2) is 37.9 Å². The molecule has 0 saturated carbocycles. The predicted octanol–water partition coefficient (Wildman–Crippen LogP) is 4.29. The molecule has 3 aromatic rings. The molecule has 0 bridgehead atoms. The number of benzene rings is 2. The Morgan fingerprint density at radius 3 is 2.55 bits per heavy atom. The first-order valence-electron chi connectivity index (χ1n) is 8.94. The maximum Gasteiger partial charge on any atom is 0.255 e. The molecule has 0 saturated heterocycles. The molecule has 150 valence electrons. The highest BCUT2D eigenvalue weighted by Crippen LogP contribution is 2.27. The van der Waals surface area contributed by atoms with Crippen molar-refractivity contribution in [2.45, 2.75) is 6.61 Å². The van der Waals surface area contributed by atoms with Gasteiger partial charge in [-0.3, -0.25) is 9.59 Å². The van der Waals surface area contributed by atoms with Crippen LogP contribution >= 0.6 is 11.3 Å². The molecule has 0 spiro atoms. The van der Waals surface area contributed by atoms with Crippen molar-refractivity contribution in [1.82, 2.24) is 4.90 Å². The fourth-order valence-electron chi connectivity index (χ4n) is 2.67. The number of ether oxygens (including phenoxy) is 2. The number of rotatable bonds is 7. The maximum atomic E-state index is 12.8. The lowest BCUT2D eigenvalue weighted by Crippen LogP contribution is -2.22. The van der Waals surface area contributed by atoms with Crippen LogP contribution in [0, 0.1) is 0 Å².